The van der Waals surface area contributed by atoms with Gasteiger partial charge in [0.15, 0.2) is 5.13 Å². The maximum atomic E-state index is 11.7. The lowest BCUT2D eigenvalue weighted by molar-refractivity contribution is -0.117. The topological polar surface area (TPSA) is 51.2 Å². The fourth-order valence-corrected chi connectivity index (χ4v) is 3.06. The molecule has 0 unspecified atom stereocenters. The van der Waals surface area contributed by atoms with Gasteiger partial charge in [-0.3, -0.25) is 4.79 Å². The Bertz CT molecular complexity index is 620. The van der Waals surface area contributed by atoms with Crippen LogP contribution in [-0.2, 0) is 16.0 Å². The Labute approximate surface area is 135 Å². The van der Waals surface area contributed by atoms with Crippen LogP contribution in [0.25, 0.3) is 11.3 Å². The molecule has 1 N–H and O–H groups in total. The van der Waals surface area contributed by atoms with Crippen molar-refractivity contribution < 1.29 is 9.53 Å². The van der Waals surface area contributed by atoms with Crippen molar-refractivity contribution in [2.75, 3.05) is 19.0 Å². The molecule has 1 amide bonds. The fourth-order valence-electron chi connectivity index (χ4n) is 2.21. The summed E-state index contributed by atoms with van der Waals surface area (Å²) in [5, 5.41) is 3.47. The molecule has 1 aromatic heterocycles. The Balaban J connectivity index is 2.10. The Kier molecular flexibility index (Phi) is 6.10. The molecular weight excluding hydrogens is 296 g/mol. The number of methoxy groups -OCH3 is 1. The summed E-state index contributed by atoms with van der Waals surface area (Å²) in [6.07, 6.45) is 2.58. The largest absolute Gasteiger partial charge is 0.384 e. The molecule has 0 aliphatic carbocycles. The van der Waals surface area contributed by atoms with E-state index in [1.165, 1.54) is 16.9 Å². The molecule has 0 bridgehead atoms. The minimum Gasteiger partial charge on any atom is -0.384 e. The number of hydrogen-bond donors (Lipinski definition) is 1. The molecule has 0 spiro atoms. The van der Waals surface area contributed by atoms with Gasteiger partial charge in [-0.2, -0.15) is 0 Å². The molecule has 0 saturated carbocycles. The Morgan fingerprint density at radius 2 is 2.05 bits per heavy atom. The quantitative estimate of drug-likeness (QED) is 0.838. The van der Waals surface area contributed by atoms with Crippen LogP contribution in [0.1, 0.15) is 30.2 Å². The molecule has 1 heterocycles. The van der Waals surface area contributed by atoms with Crippen molar-refractivity contribution in [2.24, 2.45) is 0 Å². The van der Waals surface area contributed by atoms with Gasteiger partial charge in [0.05, 0.1) is 18.7 Å². The van der Waals surface area contributed by atoms with Crippen LogP contribution >= 0.6 is 11.3 Å². The Hall–Kier alpha value is -1.72. The van der Waals surface area contributed by atoms with Gasteiger partial charge < -0.3 is 10.1 Å². The maximum absolute atomic E-state index is 11.7. The number of aryl methyl sites for hydroxylation is 2. The minimum absolute atomic E-state index is 0.0690. The third kappa shape index (κ3) is 4.39. The summed E-state index contributed by atoms with van der Waals surface area (Å²) in [5.41, 5.74) is 3.37. The highest BCUT2D eigenvalue weighted by Gasteiger charge is 2.12. The third-order valence-electron chi connectivity index (χ3n) is 3.34. The number of benzene rings is 1. The summed E-state index contributed by atoms with van der Waals surface area (Å²) >= 11 is 1.50. The second-order valence-electron chi connectivity index (χ2n) is 5.16. The molecule has 118 valence electrons. The summed E-state index contributed by atoms with van der Waals surface area (Å²) in [6, 6.07) is 8.50. The van der Waals surface area contributed by atoms with E-state index in [-0.39, 0.29) is 5.91 Å². The van der Waals surface area contributed by atoms with Crippen molar-refractivity contribution >= 4 is 22.4 Å². The van der Waals surface area contributed by atoms with Crippen molar-refractivity contribution in [1.29, 1.82) is 0 Å². The molecule has 22 heavy (non-hydrogen) atoms. The molecule has 0 aliphatic heterocycles. The number of carbonyl (C=O) groups excluding carboxylic acids is 1. The Morgan fingerprint density at radius 1 is 1.32 bits per heavy atom. The molecule has 0 aliphatic rings. The molecule has 0 saturated heterocycles. The van der Waals surface area contributed by atoms with Crippen molar-refractivity contribution in [3.8, 4) is 11.3 Å². The van der Waals surface area contributed by atoms with Crippen LogP contribution < -0.4 is 5.32 Å². The van der Waals surface area contributed by atoms with Crippen LogP contribution in [0.2, 0.25) is 0 Å². The zero-order chi connectivity index (χ0) is 15.9. The molecule has 5 heteroatoms. The van der Waals surface area contributed by atoms with Crippen LogP contribution in [0, 0.1) is 6.92 Å². The first kappa shape index (κ1) is 16.6. The highest BCUT2D eigenvalue weighted by Crippen LogP contribution is 2.30. The van der Waals surface area contributed by atoms with Crippen LogP contribution in [0.3, 0.4) is 0 Å². The number of ether oxygens (including phenoxy) is 1. The molecule has 0 radical (unpaired) electrons. The van der Waals surface area contributed by atoms with E-state index < -0.39 is 0 Å². The second-order valence-corrected chi connectivity index (χ2v) is 6.36. The van der Waals surface area contributed by atoms with Gasteiger partial charge in [-0.1, -0.05) is 37.6 Å². The molecule has 4 nitrogen and oxygen atoms in total. The van der Waals surface area contributed by atoms with Gasteiger partial charge in [0.25, 0.3) is 0 Å². The standard InChI is InChI=1S/C17H22N2O2S/c1-4-5-13-6-8-14(9-7-13)16-12(2)22-17(19-16)18-15(20)10-11-21-3/h6-9H,4-5,10-11H2,1-3H3,(H,18,19,20). The first-order chi connectivity index (χ1) is 10.6. The summed E-state index contributed by atoms with van der Waals surface area (Å²) < 4.78 is 4.90. The predicted octanol–water partition coefficient (Wildman–Crippen LogP) is 4.05. The van der Waals surface area contributed by atoms with E-state index in [0.717, 1.165) is 29.0 Å². The van der Waals surface area contributed by atoms with Gasteiger partial charge in [-0.15, -0.1) is 11.3 Å². The molecule has 2 aromatic rings. The summed E-state index contributed by atoms with van der Waals surface area (Å²) in [4.78, 5) is 17.4. The SMILES string of the molecule is CCCc1ccc(-c2nc(NC(=O)CCOC)sc2C)cc1. The van der Waals surface area contributed by atoms with E-state index in [0.29, 0.717) is 18.2 Å². The van der Waals surface area contributed by atoms with Gasteiger partial charge in [0.2, 0.25) is 5.91 Å². The number of rotatable bonds is 7. The lowest BCUT2D eigenvalue weighted by Crippen LogP contribution is -2.13. The van der Waals surface area contributed by atoms with E-state index in [2.05, 4.69) is 41.5 Å². The number of nitrogens with one attached hydrogen (secondary N) is 1. The van der Waals surface area contributed by atoms with E-state index in [9.17, 15) is 4.79 Å². The normalized spacial score (nSPS) is 10.7. The predicted molar refractivity (Wildman–Crippen MR) is 91.4 cm³/mol. The lowest BCUT2D eigenvalue weighted by atomic mass is 10.1. The van der Waals surface area contributed by atoms with Crippen LogP contribution in [0.15, 0.2) is 24.3 Å². The summed E-state index contributed by atoms with van der Waals surface area (Å²) in [6.45, 7) is 4.62. The minimum atomic E-state index is -0.0690. The average Bonchev–Trinajstić information content (AvgIpc) is 2.87. The molecule has 1 aromatic carbocycles. The van der Waals surface area contributed by atoms with E-state index in [4.69, 9.17) is 4.74 Å². The molecule has 0 fully saturated rings. The monoisotopic (exact) mass is 318 g/mol. The molecule has 0 atom stereocenters. The van der Waals surface area contributed by atoms with Crippen molar-refractivity contribution in [2.45, 2.75) is 33.1 Å². The summed E-state index contributed by atoms with van der Waals surface area (Å²) in [5.74, 6) is -0.0690. The number of amides is 1. The number of aromatic nitrogens is 1. The second kappa shape index (κ2) is 8.06. The fraction of sp³-hybridized carbons (Fsp3) is 0.412. The highest BCUT2D eigenvalue weighted by molar-refractivity contribution is 7.16. The van der Waals surface area contributed by atoms with Crippen molar-refractivity contribution in [1.82, 2.24) is 4.98 Å². The maximum Gasteiger partial charge on any atom is 0.228 e. The average molecular weight is 318 g/mol. The van der Waals surface area contributed by atoms with Gasteiger partial charge in [0.1, 0.15) is 0 Å². The third-order valence-corrected chi connectivity index (χ3v) is 4.23. The van der Waals surface area contributed by atoms with Gasteiger partial charge in [-0.25, -0.2) is 4.98 Å². The lowest BCUT2D eigenvalue weighted by Gasteiger charge is -2.02. The Morgan fingerprint density at radius 3 is 2.68 bits per heavy atom. The number of carbonyl (C=O) groups is 1. The zero-order valence-electron chi connectivity index (χ0n) is 13.3. The van der Waals surface area contributed by atoms with Crippen LogP contribution in [0.5, 0.6) is 0 Å². The van der Waals surface area contributed by atoms with Gasteiger partial charge >= 0.3 is 0 Å². The first-order valence-corrected chi connectivity index (χ1v) is 8.31. The zero-order valence-corrected chi connectivity index (χ0v) is 14.1. The van der Waals surface area contributed by atoms with E-state index >= 15 is 0 Å². The summed E-state index contributed by atoms with van der Waals surface area (Å²) in [7, 11) is 1.58. The number of hydrogen-bond acceptors (Lipinski definition) is 4. The number of thiazole rings is 1. The van der Waals surface area contributed by atoms with E-state index in [1.807, 2.05) is 6.92 Å². The van der Waals surface area contributed by atoms with Crippen molar-refractivity contribution in [3.05, 3.63) is 34.7 Å². The smallest absolute Gasteiger partial charge is 0.228 e. The number of anilines is 1. The highest BCUT2D eigenvalue weighted by atomic mass is 32.1. The van der Waals surface area contributed by atoms with Crippen LogP contribution in [-0.4, -0.2) is 24.6 Å². The first-order valence-electron chi connectivity index (χ1n) is 7.49. The molecular formula is C17H22N2O2S. The van der Waals surface area contributed by atoms with Gasteiger partial charge in [-0.05, 0) is 18.9 Å². The van der Waals surface area contributed by atoms with Crippen molar-refractivity contribution in [3.63, 3.8) is 0 Å². The van der Waals surface area contributed by atoms with Crippen LogP contribution in [0.4, 0.5) is 5.13 Å². The van der Waals surface area contributed by atoms with E-state index in [1.54, 1.807) is 7.11 Å². The molecule has 2 rings (SSSR count). The number of nitrogens with zero attached hydrogens (tertiary/aromatic N) is 1. The van der Waals surface area contributed by atoms with Gasteiger partial charge in [0, 0.05) is 17.6 Å².